The topological polar surface area (TPSA) is 113 Å². The summed E-state index contributed by atoms with van der Waals surface area (Å²) >= 11 is 1.36. The fourth-order valence-corrected chi connectivity index (χ4v) is 3.74. The lowest BCUT2D eigenvalue weighted by atomic mass is 10.0. The van der Waals surface area contributed by atoms with E-state index in [1.54, 1.807) is 26.0 Å². The largest absolute Gasteiger partial charge is 0.489 e. The Kier molecular flexibility index (Phi) is 7.45. The molecule has 2 rings (SSSR count). The average molecular weight is 407 g/mol. The van der Waals surface area contributed by atoms with Gasteiger partial charge in [-0.15, -0.1) is 11.8 Å². The molecular weight excluding hydrogens is 382 g/mol. The number of hydrogen-bond donors (Lipinski definition) is 2. The number of thioether (sulfide) groups is 1. The van der Waals surface area contributed by atoms with E-state index in [1.165, 1.54) is 17.8 Å². The number of aliphatic imine (C=N–C) groups is 1. The van der Waals surface area contributed by atoms with Crippen molar-refractivity contribution in [3.05, 3.63) is 41.0 Å². The van der Waals surface area contributed by atoms with E-state index < -0.39 is 17.2 Å². The highest BCUT2D eigenvalue weighted by atomic mass is 32.2. The SMILES string of the molecule is C=CCOc1cc([C@@H](CCC)NC(=O)[C@]2(C)CSC(/C(C)=N/O)=N2)oc(=O)c1. The van der Waals surface area contributed by atoms with Crippen LogP contribution < -0.4 is 15.7 Å². The highest BCUT2D eigenvalue weighted by molar-refractivity contribution is 8.16. The molecule has 0 unspecified atom stereocenters. The zero-order valence-electron chi connectivity index (χ0n) is 16.2. The maximum Gasteiger partial charge on any atom is 0.339 e. The van der Waals surface area contributed by atoms with Crippen LogP contribution in [0.3, 0.4) is 0 Å². The third kappa shape index (κ3) is 5.25. The first-order valence-electron chi connectivity index (χ1n) is 8.94. The maximum atomic E-state index is 12.9. The second kappa shape index (κ2) is 9.59. The molecule has 9 heteroatoms. The quantitative estimate of drug-likeness (QED) is 0.282. The Balaban J connectivity index is 2.24. The van der Waals surface area contributed by atoms with Crippen LogP contribution in [0.5, 0.6) is 5.75 Å². The summed E-state index contributed by atoms with van der Waals surface area (Å²) in [4.78, 5) is 29.2. The van der Waals surface area contributed by atoms with Gasteiger partial charge in [0, 0.05) is 11.8 Å². The van der Waals surface area contributed by atoms with E-state index in [9.17, 15) is 9.59 Å². The van der Waals surface area contributed by atoms with E-state index >= 15 is 0 Å². The molecule has 0 fully saturated rings. The summed E-state index contributed by atoms with van der Waals surface area (Å²) in [6.07, 6.45) is 2.92. The molecule has 1 aromatic rings. The molecule has 152 valence electrons. The Morgan fingerprint density at radius 1 is 1.61 bits per heavy atom. The van der Waals surface area contributed by atoms with Crippen molar-refractivity contribution in [1.29, 1.82) is 0 Å². The van der Waals surface area contributed by atoms with Crippen molar-refractivity contribution in [2.24, 2.45) is 10.1 Å². The fraction of sp³-hybridized carbons (Fsp3) is 0.474. The maximum absolute atomic E-state index is 12.9. The summed E-state index contributed by atoms with van der Waals surface area (Å²) < 4.78 is 10.7. The summed E-state index contributed by atoms with van der Waals surface area (Å²) in [6.45, 7) is 9.15. The molecule has 8 nitrogen and oxygen atoms in total. The third-order valence-corrected chi connectivity index (χ3v) is 5.51. The molecule has 2 atom stereocenters. The van der Waals surface area contributed by atoms with Gasteiger partial charge in [-0.05, 0) is 20.3 Å². The van der Waals surface area contributed by atoms with Crippen molar-refractivity contribution in [2.75, 3.05) is 12.4 Å². The van der Waals surface area contributed by atoms with Gasteiger partial charge in [0.1, 0.15) is 34.4 Å². The number of oxime groups is 1. The number of rotatable bonds is 9. The van der Waals surface area contributed by atoms with Gasteiger partial charge in [0.2, 0.25) is 5.91 Å². The molecule has 0 bridgehead atoms. The molecule has 0 saturated carbocycles. The molecule has 1 aromatic heterocycles. The van der Waals surface area contributed by atoms with Crippen molar-refractivity contribution >= 4 is 28.4 Å². The van der Waals surface area contributed by atoms with Crippen molar-refractivity contribution < 1.29 is 19.2 Å². The Morgan fingerprint density at radius 3 is 3.00 bits per heavy atom. The highest BCUT2D eigenvalue weighted by Crippen LogP contribution is 2.30. The number of carbonyl (C=O) groups excluding carboxylic acids is 1. The number of ether oxygens (including phenoxy) is 1. The van der Waals surface area contributed by atoms with E-state index in [2.05, 4.69) is 22.0 Å². The van der Waals surface area contributed by atoms with Gasteiger partial charge in [0.15, 0.2) is 0 Å². The lowest BCUT2D eigenvalue weighted by Crippen LogP contribution is -2.45. The Hall–Kier alpha value is -2.55. The molecule has 0 aliphatic carbocycles. The van der Waals surface area contributed by atoms with E-state index in [4.69, 9.17) is 14.4 Å². The van der Waals surface area contributed by atoms with Crippen LogP contribution in [-0.2, 0) is 4.79 Å². The first-order chi connectivity index (χ1) is 13.3. The number of nitrogens with one attached hydrogen (secondary N) is 1. The Bertz CT molecular complexity index is 848. The molecule has 2 heterocycles. The van der Waals surface area contributed by atoms with Gasteiger partial charge in [0.05, 0.1) is 12.1 Å². The Morgan fingerprint density at radius 2 is 2.36 bits per heavy atom. The van der Waals surface area contributed by atoms with E-state index in [-0.39, 0.29) is 12.5 Å². The predicted molar refractivity (Wildman–Crippen MR) is 110 cm³/mol. The van der Waals surface area contributed by atoms with Crippen LogP contribution >= 0.6 is 11.8 Å². The van der Waals surface area contributed by atoms with E-state index in [0.29, 0.717) is 34.4 Å². The normalized spacial score (nSPS) is 20.4. The van der Waals surface area contributed by atoms with Gasteiger partial charge in [-0.3, -0.25) is 9.79 Å². The van der Waals surface area contributed by atoms with Crippen molar-refractivity contribution in [2.45, 2.75) is 45.2 Å². The molecule has 0 spiro atoms. The van der Waals surface area contributed by atoms with Crippen LogP contribution in [0.25, 0.3) is 0 Å². The van der Waals surface area contributed by atoms with Crippen molar-refractivity contribution in [3.63, 3.8) is 0 Å². The minimum atomic E-state index is -1.00. The van der Waals surface area contributed by atoms with Gasteiger partial charge >= 0.3 is 5.63 Å². The lowest BCUT2D eigenvalue weighted by molar-refractivity contribution is -0.125. The van der Waals surface area contributed by atoms with Crippen LogP contribution in [0.15, 0.2) is 44.1 Å². The van der Waals surface area contributed by atoms with E-state index in [1.807, 2.05) is 6.92 Å². The minimum Gasteiger partial charge on any atom is -0.489 e. The van der Waals surface area contributed by atoms with Crippen LogP contribution in [0.4, 0.5) is 0 Å². The molecule has 0 radical (unpaired) electrons. The zero-order chi connectivity index (χ0) is 20.7. The molecule has 1 amide bonds. The van der Waals surface area contributed by atoms with Crippen LogP contribution in [0.1, 0.15) is 45.4 Å². The molecular formula is C19H25N3O5S. The van der Waals surface area contributed by atoms with Gasteiger partial charge < -0.3 is 19.7 Å². The van der Waals surface area contributed by atoms with Gasteiger partial charge in [-0.2, -0.15) is 0 Å². The van der Waals surface area contributed by atoms with Crippen LogP contribution in [-0.4, -0.2) is 39.8 Å². The number of amides is 1. The summed E-state index contributed by atoms with van der Waals surface area (Å²) in [5.41, 5.74) is -1.19. The summed E-state index contributed by atoms with van der Waals surface area (Å²) in [5, 5.41) is 15.5. The summed E-state index contributed by atoms with van der Waals surface area (Å²) in [5.74, 6) is 0.818. The zero-order valence-corrected chi connectivity index (χ0v) is 17.0. The molecule has 28 heavy (non-hydrogen) atoms. The fourth-order valence-electron chi connectivity index (χ4n) is 2.61. The molecule has 0 aromatic carbocycles. The molecule has 1 aliphatic rings. The minimum absolute atomic E-state index is 0.256. The highest BCUT2D eigenvalue weighted by Gasteiger charge is 2.40. The van der Waals surface area contributed by atoms with E-state index in [0.717, 1.165) is 6.42 Å². The van der Waals surface area contributed by atoms with Crippen molar-refractivity contribution in [1.82, 2.24) is 5.32 Å². The lowest BCUT2D eigenvalue weighted by Gasteiger charge is -2.24. The standard InChI is InChI=1S/C19H25N3O5S/c1-5-7-14(15-9-13(26-8-6-2)10-16(23)27-15)20-18(24)19(4)11-28-17(21-19)12(3)22-25/h6,9-10,14,25H,2,5,7-8,11H2,1,3-4H3,(H,20,24)/b22-12+/t14-,19+/m1/s1. The second-order valence-electron chi connectivity index (χ2n) is 6.59. The number of hydrogen-bond acceptors (Lipinski definition) is 8. The first-order valence-corrected chi connectivity index (χ1v) is 9.93. The molecule has 1 aliphatic heterocycles. The van der Waals surface area contributed by atoms with Crippen LogP contribution in [0, 0.1) is 0 Å². The van der Waals surface area contributed by atoms with Gasteiger partial charge in [-0.1, -0.05) is 31.2 Å². The second-order valence-corrected chi connectivity index (χ2v) is 7.56. The predicted octanol–water partition coefficient (Wildman–Crippen LogP) is 2.92. The molecule has 0 saturated heterocycles. The first kappa shape index (κ1) is 21.7. The third-order valence-electron chi connectivity index (χ3n) is 4.14. The smallest absolute Gasteiger partial charge is 0.339 e. The monoisotopic (exact) mass is 407 g/mol. The summed E-state index contributed by atoms with van der Waals surface area (Å²) in [7, 11) is 0. The average Bonchev–Trinajstić information content (AvgIpc) is 3.08. The number of nitrogens with zero attached hydrogens (tertiary/aromatic N) is 2. The summed E-state index contributed by atoms with van der Waals surface area (Å²) in [6, 6.07) is 2.36. The molecule has 2 N–H and O–H groups in total. The van der Waals surface area contributed by atoms with Gasteiger partial charge in [0.25, 0.3) is 0 Å². The number of carbonyl (C=O) groups is 1. The Labute approximate surface area is 167 Å². The van der Waals surface area contributed by atoms with Crippen LogP contribution in [0.2, 0.25) is 0 Å². The van der Waals surface area contributed by atoms with Crippen molar-refractivity contribution in [3.8, 4) is 5.75 Å². The van der Waals surface area contributed by atoms with Gasteiger partial charge in [-0.25, -0.2) is 4.79 Å².